The molecule has 0 spiro atoms. The Kier molecular flexibility index (Phi) is 4.68. The topological polar surface area (TPSA) is 69.6 Å². The number of likely N-dealkylation sites (tertiary alicyclic amines) is 1. The lowest BCUT2D eigenvalue weighted by atomic mass is 9.84. The van der Waals surface area contributed by atoms with E-state index in [-0.39, 0.29) is 24.0 Å². The van der Waals surface area contributed by atoms with Gasteiger partial charge in [0.15, 0.2) is 0 Å². The minimum atomic E-state index is -0.788. The first-order valence-electron chi connectivity index (χ1n) is 7.72. The maximum Gasteiger partial charge on any atom is 0.320 e. The average molecular weight is 282 g/mol. The number of aliphatic carboxylic acids is 1. The summed E-state index contributed by atoms with van der Waals surface area (Å²) in [5.41, 5.74) is 0. The molecule has 114 valence electrons. The predicted octanol–water partition coefficient (Wildman–Crippen LogP) is 1.62. The second kappa shape index (κ2) is 6.12. The van der Waals surface area contributed by atoms with E-state index in [1.165, 1.54) is 6.42 Å². The fourth-order valence-electron chi connectivity index (χ4n) is 3.82. The number of hydrogen-bond acceptors (Lipinski definition) is 3. The summed E-state index contributed by atoms with van der Waals surface area (Å²) < 4.78 is 0. The minimum absolute atomic E-state index is 0.0579. The first kappa shape index (κ1) is 15.3. The molecule has 5 nitrogen and oxygen atoms in total. The van der Waals surface area contributed by atoms with E-state index in [0.29, 0.717) is 12.3 Å². The third-order valence-electron chi connectivity index (χ3n) is 4.68. The van der Waals surface area contributed by atoms with Crippen LogP contribution in [-0.2, 0) is 9.59 Å². The Morgan fingerprint density at radius 3 is 2.45 bits per heavy atom. The first-order valence-corrected chi connectivity index (χ1v) is 7.72. The Morgan fingerprint density at radius 1 is 1.20 bits per heavy atom. The highest BCUT2D eigenvalue weighted by Gasteiger charge is 2.48. The number of rotatable bonds is 4. The SMILES string of the molecule is CC(C)NC(=O)C(C)N1C(C(=O)O)CC2CCCCC21. The third kappa shape index (κ3) is 2.97. The summed E-state index contributed by atoms with van der Waals surface area (Å²) in [6.07, 6.45) is 5.15. The molecule has 2 N–H and O–H groups in total. The number of fused-ring (bicyclic) bond motifs is 1. The van der Waals surface area contributed by atoms with E-state index >= 15 is 0 Å². The predicted molar refractivity (Wildman–Crippen MR) is 76.4 cm³/mol. The van der Waals surface area contributed by atoms with Gasteiger partial charge in [-0.1, -0.05) is 12.8 Å². The van der Waals surface area contributed by atoms with Gasteiger partial charge in [0.1, 0.15) is 6.04 Å². The molecule has 0 aromatic heterocycles. The standard InChI is InChI=1S/C15H26N2O3/c1-9(2)16-14(18)10(3)17-12-7-5-4-6-11(12)8-13(17)15(19)20/h9-13H,4-8H2,1-3H3,(H,16,18)(H,19,20). The van der Waals surface area contributed by atoms with Crippen LogP contribution < -0.4 is 5.32 Å². The maximum absolute atomic E-state index is 12.2. The molecule has 0 aromatic rings. The first-order chi connectivity index (χ1) is 9.41. The van der Waals surface area contributed by atoms with Gasteiger partial charge in [-0.15, -0.1) is 0 Å². The van der Waals surface area contributed by atoms with Crippen LogP contribution >= 0.6 is 0 Å². The van der Waals surface area contributed by atoms with Crippen molar-refractivity contribution in [2.24, 2.45) is 5.92 Å². The molecule has 2 aliphatic rings. The van der Waals surface area contributed by atoms with E-state index in [2.05, 4.69) is 5.32 Å². The van der Waals surface area contributed by atoms with Crippen LogP contribution in [0.1, 0.15) is 52.9 Å². The Labute approximate surface area is 120 Å². The van der Waals surface area contributed by atoms with Crippen molar-refractivity contribution in [2.75, 3.05) is 0 Å². The third-order valence-corrected chi connectivity index (χ3v) is 4.68. The van der Waals surface area contributed by atoms with Gasteiger partial charge in [0.2, 0.25) is 5.91 Å². The van der Waals surface area contributed by atoms with Crippen molar-refractivity contribution in [3.05, 3.63) is 0 Å². The molecule has 5 heteroatoms. The number of nitrogens with one attached hydrogen (secondary N) is 1. The summed E-state index contributed by atoms with van der Waals surface area (Å²) in [4.78, 5) is 25.7. The molecule has 1 heterocycles. The van der Waals surface area contributed by atoms with Gasteiger partial charge in [-0.25, -0.2) is 0 Å². The fourth-order valence-corrected chi connectivity index (χ4v) is 3.82. The van der Waals surface area contributed by atoms with Gasteiger partial charge in [-0.05, 0) is 46.0 Å². The number of carboxylic acid groups (broad SMARTS) is 1. The lowest BCUT2D eigenvalue weighted by Gasteiger charge is -2.36. The summed E-state index contributed by atoms with van der Waals surface area (Å²) in [5, 5.41) is 12.4. The molecule has 1 amide bonds. The quantitative estimate of drug-likeness (QED) is 0.822. The van der Waals surface area contributed by atoms with Gasteiger partial charge in [0, 0.05) is 12.1 Å². The van der Waals surface area contributed by atoms with Gasteiger partial charge >= 0.3 is 5.97 Å². The molecule has 20 heavy (non-hydrogen) atoms. The molecule has 0 radical (unpaired) electrons. The zero-order valence-corrected chi connectivity index (χ0v) is 12.6. The Morgan fingerprint density at radius 2 is 1.85 bits per heavy atom. The summed E-state index contributed by atoms with van der Waals surface area (Å²) in [6, 6.07) is -0.529. The van der Waals surface area contributed by atoms with Gasteiger partial charge in [0.05, 0.1) is 6.04 Å². The highest BCUT2D eigenvalue weighted by atomic mass is 16.4. The van der Waals surface area contributed by atoms with Crippen molar-refractivity contribution in [1.82, 2.24) is 10.2 Å². The average Bonchev–Trinajstić information content (AvgIpc) is 2.76. The van der Waals surface area contributed by atoms with E-state index in [0.717, 1.165) is 19.3 Å². The Balaban J connectivity index is 2.16. The summed E-state index contributed by atoms with van der Waals surface area (Å²) in [5.74, 6) is -0.403. The number of carbonyl (C=O) groups excluding carboxylic acids is 1. The molecule has 1 saturated carbocycles. The smallest absolute Gasteiger partial charge is 0.320 e. The summed E-state index contributed by atoms with van der Waals surface area (Å²) >= 11 is 0. The highest BCUT2D eigenvalue weighted by molar-refractivity contribution is 5.83. The molecular weight excluding hydrogens is 256 g/mol. The van der Waals surface area contributed by atoms with Gasteiger partial charge in [0.25, 0.3) is 0 Å². The van der Waals surface area contributed by atoms with Crippen LogP contribution in [0.25, 0.3) is 0 Å². The van der Waals surface area contributed by atoms with Gasteiger partial charge < -0.3 is 10.4 Å². The molecule has 1 saturated heterocycles. The van der Waals surface area contributed by atoms with Crippen LogP contribution in [0.5, 0.6) is 0 Å². The van der Waals surface area contributed by atoms with Crippen molar-refractivity contribution in [2.45, 2.75) is 77.0 Å². The van der Waals surface area contributed by atoms with Crippen LogP contribution in [0.4, 0.5) is 0 Å². The number of amides is 1. The van der Waals surface area contributed by atoms with Crippen LogP contribution in [0.15, 0.2) is 0 Å². The van der Waals surface area contributed by atoms with Crippen LogP contribution in [0.2, 0.25) is 0 Å². The molecule has 4 unspecified atom stereocenters. The largest absolute Gasteiger partial charge is 0.480 e. The maximum atomic E-state index is 12.2. The fraction of sp³-hybridized carbons (Fsp3) is 0.867. The summed E-state index contributed by atoms with van der Waals surface area (Å²) in [7, 11) is 0. The zero-order chi connectivity index (χ0) is 14.9. The van der Waals surface area contributed by atoms with Gasteiger partial charge in [-0.2, -0.15) is 0 Å². The second-order valence-corrected chi connectivity index (χ2v) is 6.49. The lowest BCUT2D eigenvalue weighted by molar-refractivity contribution is -0.145. The second-order valence-electron chi connectivity index (χ2n) is 6.49. The number of carbonyl (C=O) groups is 2. The summed E-state index contributed by atoms with van der Waals surface area (Å²) in [6.45, 7) is 5.68. The molecule has 1 aliphatic heterocycles. The number of carboxylic acids is 1. The molecule has 0 aromatic carbocycles. The minimum Gasteiger partial charge on any atom is -0.480 e. The number of nitrogens with zero attached hydrogens (tertiary/aromatic N) is 1. The zero-order valence-electron chi connectivity index (χ0n) is 12.6. The monoisotopic (exact) mass is 282 g/mol. The lowest BCUT2D eigenvalue weighted by Crippen LogP contribution is -2.54. The van der Waals surface area contributed by atoms with Crippen molar-refractivity contribution in [3.8, 4) is 0 Å². The normalized spacial score (nSPS) is 31.9. The van der Waals surface area contributed by atoms with Gasteiger partial charge in [-0.3, -0.25) is 14.5 Å². The Hall–Kier alpha value is -1.10. The van der Waals surface area contributed by atoms with E-state index in [1.54, 1.807) is 0 Å². The van der Waals surface area contributed by atoms with Crippen LogP contribution in [-0.4, -0.2) is 46.1 Å². The van der Waals surface area contributed by atoms with Crippen molar-refractivity contribution in [1.29, 1.82) is 0 Å². The molecule has 4 atom stereocenters. The molecule has 2 fully saturated rings. The van der Waals surface area contributed by atoms with E-state index in [4.69, 9.17) is 0 Å². The van der Waals surface area contributed by atoms with E-state index < -0.39 is 12.0 Å². The van der Waals surface area contributed by atoms with Crippen LogP contribution in [0.3, 0.4) is 0 Å². The van der Waals surface area contributed by atoms with Crippen LogP contribution in [0, 0.1) is 5.92 Å². The molecule has 1 aliphatic carbocycles. The molecular formula is C15H26N2O3. The molecule has 0 bridgehead atoms. The van der Waals surface area contributed by atoms with Crippen molar-refractivity contribution in [3.63, 3.8) is 0 Å². The van der Waals surface area contributed by atoms with Crippen molar-refractivity contribution < 1.29 is 14.7 Å². The van der Waals surface area contributed by atoms with Crippen molar-refractivity contribution >= 4 is 11.9 Å². The molecule has 2 rings (SSSR count). The Bertz CT molecular complexity index is 383. The number of hydrogen-bond donors (Lipinski definition) is 2. The van der Waals surface area contributed by atoms with E-state index in [1.807, 2.05) is 25.7 Å². The van der Waals surface area contributed by atoms with E-state index in [9.17, 15) is 14.7 Å². The highest BCUT2D eigenvalue weighted by Crippen LogP contribution is 2.40.